The third-order valence-electron chi connectivity index (χ3n) is 1.94. The van der Waals surface area contributed by atoms with Crippen molar-refractivity contribution in [3.05, 3.63) is 35.9 Å². The summed E-state index contributed by atoms with van der Waals surface area (Å²) in [6.07, 6.45) is -0.483. The number of rotatable bonds is 6. The average Bonchev–Trinajstić information content (AvgIpc) is 2.28. The molecule has 0 bridgehead atoms. The third-order valence-corrected chi connectivity index (χ3v) is 2.94. The molecule has 1 amide bonds. The number of carbonyl (C=O) groups excluding carboxylic acids is 1. The summed E-state index contributed by atoms with van der Waals surface area (Å²) in [5.74, 6) is 1.24. The van der Waals surface area contributed by atoms with Crippen LogP contribution in [-0.4, -0.2) is 29.4 Å². The number of thioether (sulfide) groups is 1. The van der Waals surface area contributed by atoms with Gasteiger partial charge in [0.05, 0.1) is 11.9 Å². The Balaban J connectivity index is 2.13. The van der Waals surface area contributed by atoms with Crippen molar-refractivity contribution >= 4 is 17.7 Å². The highest BCUT2D eigenvalue weighted by molar-refractivity contribution is 7.99. The SMILES string of the molecule is CC(O)CNC(=O)CSCc1ccccc1. The first-order valence-corrected chi connectivity index (χ1v) is 6.40. The molecule has 1 atom stereocenters. The zero-order valence-electron chi connectivity index (χ0n) is 9.35. The maximum Gasteiger partial charge on any atom is 0.230 e. The molecule has 1 aromatic rings. The lowest BCUT2D eigenvalue weighted by Crippen LogP contribution is -2.31. The maximum absolute atomic E-state index is 11.3. The number of aliphatic hydroxyl groups excluding tert-OH is 1. The van der Waals surface area contributed by atoms with E-state index < -0.39 is 6.10 Å². The molecule has 0 saturated carbocycles. The van der Waals surface area contributed by atoms with Gasteiger partial charge in [-0.05, 0) is 12.5 Å². The van der Waals surface area contributed by atoms with E-state index in [4.69, 9.17) is 5.11 Å². The van der Waals surface area contributed by atoms with E-state index in [-0.39, 0.29) is 5.91 Å². The first-order valence-electron chi connectivity index (χ1n) is 5.25. The molecular weight excluding hydrogens is 222 g/mol. The molecule has 1 rings (SSSR count). The number of amides is 1. The molecular formula is C12H17NO2S. The summed E-state index contributed by atoms with van der Waals surface area (Å²) in [4.78, 5) is 11.3. The van der Waals surface area contributed by atoms with Gasteiger partial charge in [-0.3, -0.25) is 4.79 Å². The van der Waals surface area contributed by atoms with Crippen LogP contribution in [0.15, 0.2) is 30.3 Å². The summed E-state index contributed by atoms with van der Waals surface area (Å²) < 4.78 is 0. The highest BCUT2D eigenvalue weighted by Gasteiger charge is 2.02. The summed E-state index contributed by atoms with van der Waals surface area (Å²) in [7, 11) is 0. The Morgan fingerprint density at radius 3 is 2.75 bits per heavy atom. The molecule has 3 nitrogen and oxygen atoms in total. The predicted octanol–water partition coefficient (Wildman–Crippen LogP) is 1.42. The fourth-order valence-electron chi connectivity index (χ4n) is 1.15. The summed E-state index contributed by atoms with van der Waals surface area (Å²) in [6, 6.07) is 10.0. The molecule has 0 saturated heterocycles. The van der Waals surface area contributed by atoms with Gasteiger partial charge in [0.1, 0.15) is 0 Å². The quantitative estimate of drug-likeness (QED) is 0.789. The molecule has 0 fully saturated rings. The number of hydrogen-bond donors (Lipinski definition) is 2. The zero-order valence-corrected chi connectivity index (χ0v) is 10.2. The highest BCUT2D eigenvalue weighted by Crippen LogP contribution is 2.10. The van der Waals surface area contributed by atoms with Crippen LogP contribution in [0.25, 0.3) is 0 Å². The van der Waals surface area contributed by atoms with Crippen molar-refractivity contribution in [2.24, 2.45) is 0 Å². The Hall–Kier alpha value is -1.00. The molecule has 1 aromatic carbocycles. The summed E-state index contributed by atoms with van der Waals surface area (Å²) in [5, 5.41) is 11.6. The minimum absolute atomic E-state index is 0.0261. The minimum Gasteiger partial charge on any atom is -0.392 e. The van der Waals surface area contributed by atoms with Crippen molar-refractivity contribution in [2.75, 3.05) is 12.3 Å². The van der Waals surface area contributed by atoms with Crippen LogP contribution in [-0.2, 0) is 10.5 Å². The Kier molecular flexibility index (Phi) is 5.96. The van der Waals surface area contributed by atoms with Crippen molar-refractivity contribution in [2.45, 2.75) is 18.8 Å². The van der Waals surface area contributed by atoms with E-state index >= 15 is 0 Å². The van der Waals surface area contributed by atoms with Crippen molar-refractivity contribution < 1.29 is 9.90 Å². The Morgan fingerprint density at radius 2 is 2.12 bits per heavy atom. The van der Waals surface area contributed by atoms with Crippen LogP contribution in [0.2, 0.25) is 0 Å². The van der Waals surface area contributed by atoms with E-state index in [0.717, 1.165) is 5.75 Å². The Bertz CT molecular complexity index is 314. The molecule has 4 heteroatoms. The normalized spacial score (nSPS) is 12.1. The molecule has 16 heavy (non-hydrogen) atoms. The average molecular weight is 239 g/mol. The Labute approximate surface area is 100 Å². The van der Waals surface area contributed by atoms with Crippen molar-refractivity contribution in [1.82, 2.24) is 5.32 Å². The van der Waals surface area contributed by atoms with Crippen molar-refractivity contribution in [1.29, 1.82) is 0 Å². The number of nitrogens with one attached hydrogen (secondary N) is 1. The fraction of sp³-hybridized carbons (Fsp3) is 0.417. The third kappa shape index (κ3) is 5.78. The van der Waals surface area contributed by atoms with Gasteiger partial charge in [0, 0.05) is 12.3 Å². The second-order valence-electron chi connectivity index (χ2n) is 3.63. The second-order valence-corrected chi connectivity index (χ2v) is 4.62. The van der Waals surface area contributed by atoms with Gasteiger partial charge in [0.15, 0.2) is 0 Å². The van der Waals surface area contributed by atoms with Crippen LogP contribution in [0.1, 0.15) is 12.5 Å². The highest BCUT2D eigenvalue weighted by atomic mass is 32.2. The van der Waals surface area contributed by atoms with E-state index in [1.807, 2.05) is 30.3 Å². The number of hydrogen-bond acceptors (Lipinski definition) is 3. The van der Waals surface area contributed by atoms with Crippen molar-refractivity contribution in [3.63, 3.8) is 0 Å². The molecule has 0 aliphatic carbocycles. The zero-order chi connectivity index (χ0) is 11.8. The molecule has 0 aliphatic rings. The van der Waals surface area contributed by atoms with E-state index in [0.29, 0.717) is 12.3 Å². The summed E-state index contributed by atoms with van der Waals surface area (Å²) >= 11 is 1.57. The molecule has 0 aliphatic heterocycles. The van der Waals surface area contributed by atoms with Gasteiger partial charge in [-0.2, -0.15) is 0 Å². The van der Waals surface area contributed by atoms with Gasteiger partial charge in [0.2, 0.25) is 5.91 Å². The van der Waals surface area contributed by atoms with Gasteiger partial charge in [-0.15, -0.1) is 11.8 Å². The van der Waals surface area contributed by atoms with Crippen molar-refractivity contribution in [3.8, 4) is 0 Å². The van der Waals surface area contributed by atoms with Crippen LogP contribution in [0.5, 0.6) is 0 Å². The Morgan fingerprint density at radius 1 is 1.44 bits per heavy atom. The van der Waals surface area contributed by atoms with E-state index in [2.05, 4.69) is 5.32 Å². The van der Waals surface area contributed by atoms with Gasteiger partial charge in [0.25, 0.3) is 0 Å². The van der Waals surface area contributed by atoms with E-state index in [1.54, 1.807) is 18.7 Å². The number of aliphatic hydroxyl groups is 1. The summed E-state index contributed by atoms with van der Waals surface area (Å²) in [5.41, 5.74) is 1.22. The molecule has 2 N–H and O–H groups in total. The van der Waals surface area contributed by atoms with Gasteiger partial charge < -0.3 is 10.4 Å². The fourth-order valence-corrected chi connectivity index (χ4v) is 1.97. The van der Waals surface area contributed by atoms with Crippen LogP contribution in [0, 0.1) is 0 Å². The lowest BCUT2D eigenvalue weighted by atomic mass is 10.2. The minimum atomic E-state index is -0.483. The van der Waals surface area contributed by atoms with Crippen LogP contribution < -0.4 is 5.32 Å². The maximum atomic E-state index is 11.3. The largest absolute Gasteiger partial charge is 0.392 e. The molecule has 88 valence electrons. The lowest BCUT2D eigenvalue weighted by Gasteiger charge is -2.06. The smallest absolute Gasteiger partial charge is 0.230 e. The molecule has 0 spiro atoms. The van der Waals surface area contributed by atoms with Crippen LogP contribution in [0.4, 0.5) is 0 Å². The topological polar surface area (TPSA) is 49.3 Å². The molecule has 1 unspecified atom stereocenters. The lowest BCUT2D eigenvalue weighted by molar-refractivity contribution is -0.118. The van der Waals surface area contributed by atoms with Crippen LogP contribution >= 0.6 is 11.8 Å². The molecule has 0 radical (unpaired) electrons. The van der Waals surface area contributed by atoms with Crippen LogP contribution in [0.3, 0.4) is 0 Å². The molecule has 0 heterocycles. The second kappa shape index (κ2) is 7.30. The van der Waals surface area contributed by atoms with Gasteiger partial charge in [-0.1, -0.05) is 30.3 Å². The predicted molar refractivity (Wildman–Crippen MR) is 67.3 cm³/mol. The summed E-state index contributed by atoms with van der Waals surface area (Å²) in [6.45, 7) is 1.97. The first-order chi connectivity index (χ1) is 7.68. The van der Waals surface area contributed by atoms with E-state index in [9.17, 15) is 4.79 Å². The molecule has 0 aromatic heterocycles. The van der Waals surface area contributed by atoms with Gasteiger partial charge in [-0.25, -0.2) is 0 Å². The number of benzene rings is 1. The number of carbonyl (C=O) groups is 1. The van der Waals surface area contributed by atoms with E-state index in [1.165, 1.54) is 5.56 Å². The monoisotopic (exact) mass is 239 g/mol. The first kappa shape index (κ1) is 13.1. The van der Waals surface area contributed by atoms with Gasteiger partial charge >= 0.3 is 0 Å². The standard InChI is InChI=1S/C12H17NO2S/c1-10(14)7-13-12(15)9-16-8-11-5-3-2-4-6-11/h2-6,10,14H,7-9H2,1H3,(H,13,15).